The van der Waals surface area contributed by atoms with Gasteiger partial charge in [0.05, 0.1) is 0 Å². The number of rotatable bonds is 5. The third kappa shape index (κ3) is 3.21. The SMILES string of the molecule is NC(=O)c1cccc(N(CC(=O)O)C2CCCC2)n1. The number of anilines is 1. The van der Waals surface area contributed by atoms with Gasteiger partial charge in [-0.1, -0.05) is 18.9 Å². The topological polar surface area (TPSA) is 96.5 Å². The third-order valence-electron chi connectivity index (χ3n) is 3.35. The molecule has 0 unspecified atom stereocenters. The summed E-state index contributed by atoms with van der Waals surface area (Å²) in [5.41, 5.74) is 5.36. The molecule has 1 saturated carbocycles. The number of carbonyl (C=O) groups excluding carboxylic acids is 1. The van der Waals surface area contributed by atoms with Crippen LogP contribution >= 0.6 is 0 Å². The van der Waals surface area contributed by atoms with Crippen LogP contribution in [0.3, 0.4) is 0 Å². The Bertz CT molecular complexity index is 484. The summed E-state index contributed by atoms with van der Waals surface area (Å²) in [7, 11) is 0. The van der Waals surface area contributed by atoms with Crippen molar-refractivity contribution in [1.82, 2.24) is 4.98 Å². The molecule has 3 N–H and O–H groups in total. The minimum atomic E-state index is -0.904. The first-order valence-corrected chi connectivity index (χ1v) is 6.33. The average molecular weight is 263 g/mol. The van der Waals surface area contributed by atoms with Gasteiger partial charge in [0.25, 0.3) is 5.91 Å². The second-order valence-electron chi connectivity index (χ2n) is 4.71. The molecule has 1 aromatic heterocycles. The number of pyridine rings is 1. The van der Waals surface area contributed by atoms with Crippen LogP contribution in [-0.2, 0) is 4.79 Å². The molecule has 0 aromatic carbocycles. The lowest BCUT2D eigenvalue weighted by molar-refractivity contribution is -0.135. The monoisotopic (exact) mass is 263 g/mol. The lowest BCUT2D eigenvalue weighted by atomic mass is 10.2. The zero-order chi connectivity index (χ0) is 13.8. The maximum Gasteiger partial charge on any atom is 0.323 e. The first-order valence-electron chi connectivity index (χ1n) is 6.33. The van der Waals surface area contributed by atoms with E-state index in [4.69, 9.17) is 10.8 Å². The highest BCUT2D eigenvalue weighted by Crippen LogP contribution is 2.27. The lowest BCUT2D eigenvalue weighted by Gasteiger charge is -2.28. The highest BCUT2D eigenvalue weighted by molar-refractivity contribution is 5.91. The largest absolute Gasteiger partial charge is 0.480 e. The summed E-state index contributed by atoms with van der Waals surface area (Å²) in [5.74, 6) is -1.01. The van der Waals surface area contributed by atoms with Gasteiger partial charge in [-0.2, -0.15) is 0 Å². The van der Waals surface area contributed by atoms with Crippen molar-refractivity contribution in [2.45, 2.75) is 31.7 Å². The Kier molecular flexibility index (Phi) is 3.99. The Morgan fingerprint density at radius 1 is 1.37 bits per heavy atom. The molecule has 6 heteroatoms. The van der Waals surface area contributed by atoms with E-state index < -0.39 is 11.9 Å². The number of primary amides is 1. The number of nitrogens with two attached hydrogens (primary N) is 1. The highest BCUT2D eigenvalue weighted by Gasteiger charge is 2.25. The van der Waals surface area contributed by atoms with E-state index in [2.05, 4.69) is 4.98 Å². The Balaban J connectivity index is 2.28. The van der Waals surface area contributed by atoms with Gasteiger partial charge < -0.3 is 15.7 Å². The molecule has 1 aromatic rings. The van der Waals surface area contributed by atoms with E-state index in [1.807, 2.05) is 0 Å². The van der Waals surface area contributed by atoms with E-state index in [0.29, 0.717) is 5.82 Å². The summed E-state index contributed by atoms with van der Waals surface area (Å²) < 4.78 is 0. The van der Waals surface area contributed by atoms with Gasteiger partial charge in [0, 0.05) is 6.04 Å². The molecule has 1 heterocycles. The fourth-order valence-corrected chi connectivity index (χ4v) is 2.48. The number of amides is 1. The molecule has 0 atom stereocenters. The number of aromatic nitrogens is 1. The van der Waals surface area contributed by atoms with Crippen molar-refractivity contribution >= 4 is 17.7 Å². The Labute approximate surface area is 111 Å². The number of aliphatic carboxylic acids is 1. The summed E-state index contributed by atoms with van der Waals surface area (Å²) in [6.45, 7) is -0.111. The van der Waals surface area contributed by atoms with Crippen LogP contribution in [0.25, 0.3) is 0 Å². The fourth-order valence-electron chi connectivity index (χ4n) is 2.48. The molecule has 0 spiro atoms. The van der Waals surface area contributed by atoms with Crippen LogP contribution in [0.1, 0.15) is 36.2 Å². The highest BCUT2D eigenvalue weighted by atomic mass is 16.4. The van der Waals surface area contributed by atoms with Crippen molar-refractivity contribution in [2.75, 3.05) is 11.4 Å². The van der Waals surface area contributed by atoms with Gasteiger partial charge in [0.1, 0.15) is 18.1 Å². The van der Waals surface area contributed by atoms with E-state index in [-0.39, 0.29) is 18.3 Å². The molecule has 6 nitrogen and oxygen atoms in total. The van der Waals surface area contributed by atoms with Gasteiger partial charge in [0.15, 0.2) is 0 Å². The number of hydrogen-bond acceptors (Lipinski definition) is 4. The Hall–Kier alpha value is -2.11. The van der Waals surface area contributed by atoms with Crippen LogP contribution in [0.5, 0.6) is 0 Å². The molecule has 1 aliphatic carbocycles. The van der Waals surface area contributed by atoms with Crippen LogP contribution in [0.4, 0.5) is 5.82 Å². The van der Waals surface area contributed by atoms with Crippen molar-refractivity contribution in [3.05, 3.63) is 23.9 Å². The summed E-state index contributed by atoms with van der Waals surface area (Å²) in [4.78, 5) is 28.1. The van der Waals surface area contributed by atoms with Crippen molar-refractivity contribution in [3.8, 4) is 0 Å². The predicted molar refractivity (Wildman–Crippen MR) is 70.0 cm³/mol. The predicted octanol–water partition coefficient (Wildman–Crippen LogP) is 1.01. The van der Waals surface area contributed by atoms with Crippen LogP contribution < -0.4 is 10.6 Å². The van der Waals surface area contributed by atoms with E-state index in [0.717, 1.165) is 25.7 Å². The van der Waals surface area contributed by atoms with Crippen LogP contribution in [0, 0.1) is 0 Å². The zero-order valence-corrected chi connectivity index (χ0v) is 10.6. The molecule has 0 radical (unpaired) electrons. The molecule has 0 aliphatic heterocycles. The average Bonchev–Trinajstić information content (AvgIpc) is 2.89. The molecular formula is C13H17N3O3. The summed E-state index contributed by atoms with van der Waals surface area (Å²) in [5, 5.41) is 9.02. The molecule has 102 valence electrons. The van der Waals surface area contributed by atoms with E-state index in [9.17, 15) is 9.59 Å². The van der Waals surface area contributed by atoms with Crippen LogP contribution in [0.15, 0.2) is 18.2 Å². The fraction of sp³-hybridized carbons (Fsp3) is 0.462. The lowest BCUT2D eigenvalue weighted by Crippen LogP contribution is -2.38. The van der Waals surface area contributed by atoms with E-state index in [1.54, 1.807) is 17.0 Å². The summed E-state index contributed by atoms with van der Waals surface area (Å²) in [6.07, 6.45) is 4.10. The first-order chi connectivity index (χ1) is 9.08. The maximum absolute atomic E-state index is 11.1. The molecule has 19 heavy (non-hydrogen) atoms. The molecule has 1 amide bonds. The molecule has 1 fully saturated rings. The standard InChI is InChI=1S/C13H17N3O3/c14-13(19)10-6-3-7-11(15-10)16(8-12(17)18)9-4-1-2-5-9/h3,6-7,9H,1-2,4-5,8H2,(H2,14,19)(H,17,18). The van der Waals surface area contributed by atoms with Gasteiger partial charge in [0.2, 0.25) is 0 Å². The van der Waals surface area contributed by atoms with Crippen molar-refractivity contribution in [1.29, 1.82) is 0 Å². The number of carboxylic acids is 1. The molecular weight excluding hydrogens is 246 g/mol. The van der Waals surface area contributed by atoms with E-state index in [1.165, 1.54) is 6.07 Å². The maximum atomic E-state index is 11.1. The van der Waals surface area contributed by atoms with E-state index >= 15 is 0 Å². The summed E-state index contributed by atoms with van der Waals surface area (Å²) >= 11 is 0. The molecule has 2 rings (SSSR count). The van der Waals surface area contributed by atoms with Crippen LogP contribution in [-0.4, -0.2) is 34.6 Å². The minimum absolute atomic E-state index is 0.111. The van der Waals surface area contributed by atoms with Gasteiger partial charge in [-0.05, 0) is 25.0 Å². The summed E-state index contributed by atoms with van der Waals surface area (Å²) in [6, 6.07) is 5.09. The van der Waals surface area contributed by atoms with Gasteiger partial charge in [-0.15, -0.1) is 0 Å². The first kappa shape index (κ1) is 13.3. The van der Waals surface area contributed by atoms with Crippen LogP contribution in [0.2, 0.25) is 0 Å². The Morgan fingerprint density at radius 2 is 2.05 bits per heavy atom. The second-order valence-corrected chi connectivity index (χ2v) is 4.71. The third-order valence-corrected chi connectivity index (χ3v) is 3.35. The van der Waals surface area contributed by atoms with Crippen molar-refractivity contribution < 1.29 is 14.7 Å². The second kappa shape index (κ2) is 5.69. The quantitative estimate of drug-likeness (QED) is 0.826. The smallest absolute Gasteiger partial charge is 0.323 e. The Morgan fingerprint density at radius 3 is 2.63 bits per heavy atom. The number of carboxylic acid groups (broad SMARTS) is 1. The molecule has 1 aliphatic rings. The van der Waals surface area contributed by atoms with Gasteiger partial charge in [-0.25, -0.2) is 4.98 Å². The number of nitrogens with zero attached hydrogens (tertiary/aromatic N) is 2. The molecule has 0 saturated heterocycles. The number of hydrogen-bond donors (Lipinski definition) is 2. The van der Waals surface area contributed by atoms with Crippen molar-refractivity contribution in [3.63, 3.8) is 0 Å². The van der Waals surface area contributed by atoms with Gasteiger partial charge >= 0.3 is 5.97 Å². The minimum Gasteiger partial charge on any atom is -0.480 e. The van der Waals surface area contributed by atoms with Crippen molar-refractivity contribution in [2.24, 2.45) is 5.73 Å². The number of carbonyl (C=O) groups is 2. The van der Waals surface area contributed by atoms with Gasteiger partial charge in [-0.3, -0.25) is 9.59 Å². The molecule has 0 bridgehead atoms. The zero-order valence-electron chi connectivity index (χ0n) is 10.6. The normalized spacial score (nSPS) is 15.4.